The van der Waals surface area contributed by atoms with Crippen molar-refractivity contribution in [3.63, 3.8) is 0 Å². The lowest BCUT2D eigenvalue weighted by atomic mass is 10.1. The van der Waals surface area contributed by atoms with Gasteiger partial charge in [-0.3, -0.25) is 4.79 Å². The van der Waals surface area contributed by atoms with Gasteiger partial charge >= 0.3 is 0 Å². The number of aromatic amines is 1. The molecule has 0 saturated carbocycles. The van der Waals surface area contributed by atoms with Crippen molar-refractivity contribution >= 4 is 46.7 Å². The van der Waals surface area contributed by atoms with E-state index in [0.717, 1.165) is 23.3 Å². The maximum atomic E-state index is 12.0. The topological polar surface area (TPSA) is 61.0 Å². The zero-order chi connectivity index (χ0) is 15.4. The molecule has 1 unspecified atom stereocenters. The minimum atomic E-state index is -0.0695. The van der Waals surface area contributed by atoms with Crippen molar-refractivity contribution in [3.8, 4) is 0 Å². The molecule has 1 aromatic carbocycles. The third kappa shape index (κ3) is 5.54. The maximum absolute atomic E-state index is 12.0. The number of amides is 1. The number of hydrogen-bond acceptors (Lipinski definition) is 3. The fourth-order valence-electron chi connectivity index (χ4n) is 2.57. The molecule has 2 N–H and O–H groups in total. The second-order valence-corrected chi connectivity index (χ2v) is 6.13. The van der Waals surface area contributed by atoms with Gasteiger partial charge in [-0.1, -0.05) is 30.3 Å². The third-order valence-electron chi connectivity index (χ3n) is 3.58. The summed E-state index contributed by atoms with van der Waals surface area (Å²) in [6.45, 7) is 1.41. The molecule has 3 rings (SSSR count). The number of rotatable bonds is 4. The first-order chi connectivity index (χ1) is 10.7. The van der Waals surface area contributed by atoms with Gasteiger partial charge in [0.25, 0.3) is 0 Å². The zero-order valence-electron chi connectivity index (χ0n) is 12.8. The van der Waals surface area contributed by atoms with Gasteiger partial charge in [-0.25, -0.2) is 4.98 Å². The van der Waals surface area contributed by atoms with Crippen LogP contribution in [-0.4, -0.2) is 33.4 Å². The van der Waals surface area contributed by atoms with Gasteiger partial charge in [0.15, 0.2) is 0 Å². The van der Waals surface area contributed by atoms with Crippen molar-refractivity contribution in [1.29, 1.82) is 0 Å². The van der Waals surface area contributed by atoms with E-state index in [1.54, 1.807) is 18.6 Å². The molecule has 0 fully saturated rings. The molecule has 2 heterocycles. The van der Waals surface area contributed by atoms with Crippen LogP contribution in [0.5, 0.6) is 0 Å². The molecule has 1 atom stereocenters. The smallest absolute Gasteiger partial charge is 0.246 e. The first-order valence-corrected chi connectivity index (χ1v) is 7.94. The van der Waals surface area contributed by atoms with Crippen LogP contribution in [0.25, 0.3) is 0 Å². The number of H-pyrrole nitrogens is 1. The summed E-state index contributed by atoms with van der Waals surface area (Å²) in [4.78, 5) is 21.2. The minimum Gasteiger partial charge on any atom is -0.358 e. The van der Waals surface area contributed by atoms with Gasteiger partial charge < -0.3 is 15.2 Å². The molecule has 5 nitrogen and oxygen atoms in total. The number of nitrogens with one attached hydrogen (secondary N) is 2. The van der Waals surface area contributed by atoms with Gasteiger partial charge in [0, 0.05) is 18.8 Å². The number of carbonyl (C=O) groups excluding carboxylic acids is 1. The van der Waals surface area contributed by atoms with Crippen molar-refractivity contribution < 1.29 is 4.79 Å². The summed E-state index contributed by atoms with van der Waals surface area (Å²) in [5.41, 5.74) is 2.23. The highest BCUT2D eigenvalue weighted by Crippen LogP contribution is 2.19. The number of benzene rings is 1. The Morgan fingerprint density at radius 1 is 1.25 bits per heavy atom. The number of halogens is 3. The molecule has 0 aliphatic carbocycles. The molecule has 0 spiro atoms. The number of nitrogens with zero attached hydrogens (tertiary/aromatic N) is 2. The second-order valence-electron chi connectivity index (χ2n) is 5.32. The second kappa shape index (κ2) is 9.71. The molecule has 1 amide bonds. The van der Waals surface area contributed by atoms with Crippen molar-refractivity contribution in [2.24, 2.45) is 0 Å². The Bertz CT molecular complexity index is 664. The van der Waals surface area contributed by atoms with E-state index in [-0.39, 0.29) is 36.8 Å². The highest BCUT2D eigenvalue weighted by atomic mass is 79.9. The van der Waals surface area contributed by atoms with Crippen LogP contribution in [0, 0.1) is 0 Å². The number of aromatic nitrogens is 2. The molecule has 2 aromatic rings. The average molecular weight is 434 g/mol. The Morgan fingerprint density at radius 3 is 2.67 bits per heavy atom. The van der Waals surface area contributed by atoms with Crippen LogP contribution < -0.4 is 5.32 Å². The predicted molar refractivity (Wildman–Crippen MR) is 103 cm³/mol. The first-order valence-electron chi connectivity index (χ1n) is 7.14. The van der Waals surface area contributed by atoms with Crippen molar-refractivity contribution in [2.45, 2.75) is 19.0 Å². The van der Waals surface area contributed by atoms with E-state index in [4.69, 9.17) is 0 Å². The summed E-state index contributed by atoms with van der Waals surface area (Å²) in [7, 11) is 0. The van der Waals surface area contributed by atoms with E-state index >= 15 is 0 Å². The molecular formula is C16H19BrCl2N4O. The highest BCUT2D eigenvalue weighted by Gasteiger charge is 2.22. The standard InChI is InChI=1S/C16H17BrN4O.2ClH/c17-15-7-16(22)20-13(6-12-4-2-1-3-5-12)9-21(15)10-14-8-18-11-19-14;;/h1-5,7-8,11,13H,6,9-10H2,(H,18,19)(H,20,22);2*1H. The van der Waals surface area contributed by atoms with Crippen molar-refractivity contribution in [1.82, 2.24) is 20.2 Å². The van der Waals surface area contributed by atoms with E-state index in [1.807, 2.05) is 18.2 Å². The lowest BCUT2D eigenvalue weighted by Gasteiger charge is -2.26. The molecule has 0 bridgehead atoms. The highest BCUT2D eigenvalue weighted by molar-refractivity contribution is 9.11. The SMILES string of the molecule is Cl.Cl.O=C1C=C(Br)N(Cc2cnc[nH]2)CC(Cc2ccccc2)N1. The number of carbonyl (C=O) groups is 1. The van der Waals surface area contributed by atoms with Gasteiger partial charge in [0.2, 0.25) is 5.91 Å². The zero-order valence-corrected chi connectivity index (χ0v) is 16.0. The quantitative estimate of drug-likeness (QED) is 0.728. The van der Waals surface area contributed by atoms with E-state index in [2.05, 4.69) is 48.2 Å². The van der Waals surface area contributed by atoms with Gasteiger partial charge in [-0.15, -0.1) is 24.8 Å². The van der Waals surface area contributed by atoms with E-state index in [1.165, 1.54) is 5.56 Å². The molecular weight excluding hydrogens is 415 g/mol. The summed E-state index contributed by atoms with van der Waals surface area (Å²) in [5, 5.41) is 3.05. The summed E-state index contributed by atoms with van der Waals surface area (Å²) >= 11 is 3.50. The van der Waals surface area contributed by atoms with Gasteiger partial charge in [-0.2, -0.15) is 0 Å². The average Bonchev–Trinajstić information content (AvgIpc) is 2.95. The molecule has 1 aromatic heterocycles. The molecule has 130 valence electrons. The summed E-state index contributed by atoms with van der Waals surface area (Å²) in [5.74, 6) is -0.0695. The largest absolute Gasteiger partial charge is 0.358 e. The van der Waals surface area contributed by atoms with Crippen LogP contribution in [0.1, 0.15) is 11.3 Å². The Balaban J connectivity index is 0.00000144. The summed E-state index contributed by atoms with van der Waals surface area (Å²) < 4.78 is 0.787. The predicted octanol–water partition coefficient (Wildman–Crippen LogP) is 3.03. The van der Waals surface area contributed by atoms with Crippen LogP contribution in [0.3, 0.4) is 0 Å². The van der Waals surface area contributed by atoms with Crippen LogP contribution in [0.15, 0.2) is 53.5 Å². The lowest BCUT2D eigenvalue weighted by molar-refractivity contribution is -0.117. The Hall–Kier alpha value is -1.50. The Kier molecular flexibility index (Phi) is 8.31. The third-order valence-corrected chi connectivity index (χ3v) is 4.31. The number of hydrogen-bond donors (Lipinski definition) is 2. The van der Waals surface area contributed by atoms with Crippen molar-refractivity contribution in [2.75, 3.05) is 6.54 Å². The maximum Gasteiger partial charge on any atom is 0.246 e. The van der Waals surface area contributed by atoms with E-state index in [0.29, 0.717) is 6.54 Å². The molecule has 8 heteroatoms. The van der Waals surface area contributed by atoms with E-state index in [9.17, 15) is 4.79 Å². The molecule has 1 aliphatic rings. The van der Waals surface area contributed by atoms with Gasteiger partial charge in [0.1, 0.15) is 0 Å². The lowest BCUT2D eigenvalue weighted by Crippen LogP contribution is -2.41. The molecule has 0 radical (unpaired) electrons. The summed E-state index contributed by atoms with van der Waals surface area (Å²) in [6, 6.07) is 10.3. The van der Waals surface area contributed by atoms with Crippen LogP contribution >= 0.6 is 40.7 Å². The van der Waals surface area contributed by atoms with Gasteiger partial charge in [-0.05, 0) is 27.9 Å². The van der Waals surface area contributed by atoms with Crippen LogP contribution in [0.2, 0.25) is 0 Å². The van der Waals surface area contributed by atoms with Crippen molar-refractivity contribution in [3.05, 3.63) is 64.8 Å². The monoisotopic (exact) mass is 432 g/mol. The normalized spacial score (nSPS) is 17.0. The number of imidazole rings is 1. The first kappa shape index (κ1) is 20.5. The molecule has 0 saturated heterocycles. The Labute approximate surface area is 161 Å². The van der Waals surface area contributed by atoms with Crippen LogP contribution in [0.4, 0.5) is 0 Å². The molecule has 1 aliphatic heterocycles. The van der Waals surface area contributed by atoms with Gasteiger partial charge in [0.05, 0.1) is 29.2 Å². The fourth-order valence-corrected chi connectivity index (χ4v) is 3.05. The molecule has 24 heavy (non-hydrogen) atoms. The Morgan fingerprint density at radius 2 is 2.00 bits per heavy atom. The van der Waals surface area contributed by atoms with Crippen LogP contribution in [-0.2, 0) is 17.8 Å². The van der Waals surface area contributed by atoms with E-state index < -0.39 is 0 Å². The minimum absolute atomic E-state index is 0. The summed E-state index contributed by atoms with van der Waals surface area (Å²) in [6.07, 6.45) is 5.85. The fraction of sp³-hybridized carbons (Fsp3) is 0.250.